The van der Waals surface area contributed by atoms with Gasteiger partial charge in [0.15, 0.2) is 5.96 Å². The lowest BCUT2D eigenvalue weighted by Gasteiger charge is -2.29. The molecule has 26 heavy (non-hydrogen) atoms. The quantitative estimate of drug-likeness (QED) is 0.373. The molecule has 1 saturated heterocycles. The van der Waals surface area contributed by atoms with E-state index in [1.165, 1.54) is 31.5 Å². The van der Waals surface area contributed by atoms with Gasteiger partial charge in [0.2, 0.25) is 0 Å². The molecule has 1 atom stereocenters. The Balaban J connectivity index is 0.00000243. The first-order valence-corrected chi connectivity index (χ1v) is 9.06. The smallest absolute Gasteiger partial charge is 0.191 e. The number of aromatic nitrogens is 2. The van der Waals surface area contributed by atoms with Crippen molar-refractivity contribution in [2.75, 3.05) is 33.2 Å². The Morgan fingerprint density at radius 1 is 1.19 bits per heavy atom. The maximum absolute atomic E-state index is 4.35. The molecule has 2 N–H and O–H groups in total. The Morgan fingerprint density at radius 3 is 2.62 bits per heavy atom. The highest BCUT2D eigenvalue weighted by Crippen LogP contribution is 2.24. The first-order chi connectivity index (χ1) is 12.4. The lowest BCUT2D eigenvalue weighted by molar-refractivity contribution is 0.245. The standard InChI is InChI=1S/C19H28N6.HI/c1-20-19(22-10-14-24-13-9-21-16-24)23-15-18(25-11-5-6-12-25)17-7-3-2-4-8-17;/h2-4,7-9,13,16,18H,5-6,10-12,14-15H2,1H3,(H2,20,22,23);1H. The molecule has 142 valence electrons. The van der Waals surface area contributed by atoms with Gasteiger partial charge in [-0.05, 0) is 31.5 Å². The number of rotatable bonds is 7. The van der Waals surface area contributed by atoms with Crippen molar-refractivity contribution in [1.29, 1.82) is 0 Å². The second kappa shape index (κ2) is 11.2. The molecule has 2 heterocycles. The third-order valence-electron chi connectivity index (χ3n) is 4.67. The van der Waals surface area contributed by atoms with Crippen LogP contribution in [0.15, 0.2) is 54.0 Å². The molecule has 1 fully saturated rings. The molecule has 7 heteroatoms. The highest BCUT2D eigenvalue weighted by molar-refractivity contribution is 14.0. The van der Waals surface area contributed by atoms with Crippen molar-refractivity contribution in [3.63, 3.8) is 0 Å². The minimum absolute atomic E-state index is 0. The Bertz CT molecular complexity index is 637. The molecule has 1 aliphatic heterocycles. The van der Waals surface area contributed by atoms with Crippen LogP contribution in [-0.4, -0.2) is 53.6 Å². The Labute approximate surface area is 173 Å². The van der Waals surface area contributed by atoms with E-state index in [2.05, 4.69) is 60.4 Å². The fourth-order valence-corrected chi connectivity index (χ4v) is 3.32. The first-order valence-electron chi connectivity index (χ1n) is 9.06. The van der Waals surface area contributed by atoms with Gasteiger partial charge in [0.05, 0.1) is 12.4 Å². The number of halogens is 1. The number of likely N-dealkylation sites (tertiary alicyclic amines) is 1. The first kappa shape index (κ1) is 20.7. The molecule has 1 aliphatic rings. The van der Waals surface area contributed by atoms with E-state index in [0.717, 1.165) is 25.6 Å². The van der Waals surface area contributed by atoms with Crippen molar-refractivity contribution < 1.29 is 0 Å². The second-order valence-electron chi connectivity index (χ2n) is 6.35. The van der Waals surface area contributed by atoms with Gasteiger partial charge < -0.3 is 15.2 Å². The van der Waals surface area contributed by atoms with Crippen LogP contribution < -0.4 is 10.6 Å². The Morgan fingerprint density at radius 2 is 1.96 bits per heavy atom. The number of nitrogens with zero attached hydrogens (tertiary/aromatic N) is 4. The number of hydrogen-bond acceptors (Lipinski definition) is 3. The monoisotopic (exact) mass is 468 g/mol. The normalized spacial score (nSPS) is 16.1. The van der Waals surface area contributed by atoms with Gasteiger partial charge in [-0.15, -0.1) is 24.0 Å². The highest BCUT2D eigenvalue weighted by Gasteiger charge is 2.23. The van der Waals surface area contributed by atoms with E-state index in [-0.39, 0.29) is 24.0 Å². The van der Waals surface area contributed by atoms with Crippen LogP contribution in [0, 0.1) is 0 Å². The number of imidazole rings is 1. The fourth-order valence-electron chi connectivity index (χ4n) is 3.32. The molecule has 1 unspecified atom stereocenters. The van der Waals surface area contributed by atoms with E-state index in [4.69, 9.17) is 0 Å². The van der Waals surface area contributed by atoms with Gasteiger partial charge in [-0.3, -0.25) is 9.89 Å². The summed E-state index contributed by atoms with van der Waals surface area (Å²) in [6.45, 7) is 4.89. The van der Waals surface area contributed by atoms with Crippen molar-refractivity contribution in [2.24, 2.45) is 4.99 Å². The molecule has 3 rings (SSSR count). The van der Waals surface area contributed by atoms with Gasteiger partial charge >= 0.3 is 0 Å². The molecule has 0 saturated carbocycles. The summed E-state index contributed by atoms with van der Waals surface area (Å²) in [7, 11) is 1.82. The second-order valence-corrected chi connectivity index (χ2v) is 6.35. The van der Waals surface area contributed by atoms with E-state index in [0.29, 0.717) is 6.04 Å². The van der Waals surface area contributed by atoms with E-state index in [1.54, 1.807) is 6.20 Å². The summed E-state index contributed by atoms with van der Waals surface area (Å²) in [5.41, 5.74) is 1.37. The lowest BCUT2D eigenvalue weighted by atomic mass is 10.1. The van der Waals surface area contributed by atoms with Crippen LogP contribution in [0.2, 0.25) is 0 Å². The topological polar surface area (TPSA) is 57.5 Å². The van der Waals surface area contributed by atoms with Gasteiger partial charge in [-0.1, -0.05) is 30.3 Å². The van der Waals surface area contributed by atoms with E-state index < -0.39 is 0 Å². The molecule has 0 aliphatic carbocycles. The van der Waals surface area contributed by atoms with Crippen LogP contribution in [0.5, 0.6) is 0 Å². The average molecular weight is 468 g/mol. The van der Waals surface area contributed by atoms with Crippen molar-refractivity contribution in [3.8, 4) is 0 Å². The molecule has 0 bridgehead atoms. The third-order valence-corrected chi connectivity index (χ3v) is 4.67. The maximum atomic E-state index is 4.35. The van der Waals surface area contributed by atoms with Crippen molar-refractivity contribution >= 4 is 29.9 Å². The van der Waals surface area contributed by atoms with Crippen LogP contribution in [0.3, 0.4) is 0 Å². The molecule has 0 amide bonds. The van der Waals surface area contributed by atoms with Crippen molar-refractivity contribution in [3.05, 3.63) is 54.6 Å². The zero-order valence-electron chi connectivity index (χ0n) is 15.3. The van der Waals surface area contributed by atoms with Crippen LogP contribution in [0.1, 0.15) is 24.4 Å². The van der Waals surface area contributed by atoms with Crippen LogP contribution >= 0.6 is 24.0 Å². The Kier molecular flexibility index (Phi) is 8.90. The summed E-state index contributed by atoms with van der Waals surface area (Å²) in [6, 6.07) is 11.2. The summed E-state index contributed by atoms with van der Waals surface area (Å²) >= 11 is 0. The summed E-state index contributed by atoms with van der Waals surface area (Å²) in [6.07, 6.45) is 8.18. The molecule has 0 radical (unpaired) electrons. The van der Waals surface area contributed by atoms with Gasteiger partial charge in [0, 0.05) is 39.1 Å². The van der Waals surface area contributed by atoms with Gasteiger partial charge in [-0.2, -0.15) is 0 Å². The SMILES string of the molecule is CN=C(NCCn1ccnc1)NCC(c1ccccc1)N1CCCC1.I. The predicted molar refractivity (Wildman–Crippen MR) is 117 cm³/mol. The maximum Gasteiger partial charge on any atom is 0.191 e. The summed E-state index contributed by atoms with van der Waals surface area (Å²) in [5, 5.41) is 6.87. The third kappa shape index (κ3) is 5.98. The Hall–Kier alpha value is -1.61. The highest BCUT2D eigenvalue weighted by atomic mass is 127. The van der Waals surface area contributed by atoms with Crippen LogP contribution in [-0.2, 0) is 6.54 Å². The van der Waals surface area contributed by atoms with Gasteiger partial charge in [0.1, 0.15) is 0 Å². The number of guanidine groups is 1. The van der Waals surface area contributed by atoms with Crippen molar-refractivity contribution in [1.82, 2.24) is 25.1 Å². The molecule has 1 aromatic heterocycles. The van der Waals surface area contributed by atoms with Gasteiger partial charge in [0.25, 0.3) is 0 Å². The number of benzene rings is 1. The summed E-state index contributed by atoms with van der Waals surface area (Å²) < 4.78 is 2.05. The molecular formula is C19H29IN6. The molecule has 2 aromatic rings. The van der Waals surface area contributed by atoms with Crippen molar-refractivity contribution in [2.45, 2.75) is 25.4 Å². The minimum Gasteiger partial charge on any atom is -0.355 e. The molecular weight excluding hydrogens is 439 g/mol. The molecule has 6 nitrogen and oxygen atoms in total. The van der Waals surface area contributed by atoms with Crippen LogP contribution in [0.4, 0.5) is 0 Å². The fraction of sp³-hybridized carbons (Fsp3) is 0.474. The van der Waals surface area contributed by atoms with Gasteiger partial charge in [-0.25, -0.2) is 4.98 Å². The van der Waals surface area contributed by atoms with Crippen LogP contribution in [0.25, 0.3) is 0 Å². The molecule has 1 aromatic carbocycles. The zero-order chi connectivity index (χ0) is 17.3. The number of aliphatic imine (C=N–C) groups is 1. The lowest BCUT2D eigenvalue weighted by Crippen LogP contribution is -2.43. The minimum atomic E-state index is 0. The number of nitrogens with one attached hydrogen (secondary N) is 2. The summed E-state index contributed by atoms with van der Waals surface area (Å²) in [4.78, 5) is 11.0. The van der Waals surface area contributed by atoms with E-state index >= 15 is 0 Å². The summed E-state index contributed by atoms with van der Waals surface area (Å²) in [5.74, 6) is 0.847. The largest absolute Gasteiger partial charge is 0.355 e. The van der Waals surface area contributed by atoms with E-state index in [9.17, 15) is 0 Å². The molecule has 0 spiro atoms. The number of hydrogen-bond donors (Lipinski definition) is 2. The zero-order valence-corrected chi connectivity index (χ0v) is 17.7. The average Bonchev–Trinajstić information content (AvgIpc) is 3.35. The van der Waals surface area contributed by atoms with E-state index in [1.807, 2.05) is 19.6 Å². The predicted octanol–water partition coefficient (Wildman–Crippen LogP) is 2.50.